The maximum atomic E-state index is 13.6. The maximum Gasteiger partial charge on any atom is 0.268 e. The molecular weight excluding hydrogens is 436 g/mol. The number of carbonyl (C=O) groups is 3. The summed E-state index contributed by atoms with van der Waals surface area (Å²) in [5.41, 5.74) is 1.77. The minimum absolute atomic E-state index is 0.0237. The number of hydrogen-bond donors (Lipinski definition) is 3. The Morgan fingerprint density at radius 3 is 2.88 bits per heavy atom. The zero-order chi connectivity index (χ0) is 23.6. The summed E-state index contributed by atoms with van der Waals surface area (Å²) in [5.74, 6) is -5.18. The number of hydrogen-bond acceptors (Lipinski definition) is 6. The SMILES string of the molecule is N#C[C@@H]1CC(F)(F)CN1C(=O)CNC(=O)c1ccncc1NC(=O)c1ccc2[nH]cnc2c1. The van der Waals surface area contributed by atoms with Crippen molar-refractivity contribution in [2.24, 2.45) is 0 Å². The maximum absolute atomic E-state index is 13.6. The third kappa shape index (κ3) is 4.62. The normalized spacial score (nSPS) is 16.9. The number of nitrogens with one attached hydrogen (secondary N) is 3. The molecule has 0 spiro atoms. The zero-order valence-corrected chi connectivity index (χ0v) is 17.0. The summed E-state index contributed by atoms with van der Waals surface area (Å²) in [6, 6.07) is 6.61. The highest BCUT2D eigenvalue weighted by atomic mass is 19.3. The predicted molar refractivity (Wildman–Crippen MR) is 111 cm³/mol. The van der Waals surface area contributed by atoms with Crippen LogP contribution in [0.4, 0.5) is 14.5 Å². The molecule has 1 fully saturated rings. The van der Waals surface area contributed by atoms with Gasteiger partial charge in [-0.1, -0.05) is 0 Å². The molecule has 1 aromatic carbocycles. The summed E-state index contributed by atoms with van der Waals surface area (Å²) in [4.78, 5) is 49.3. The molecule has 168 valence electrons. The molecule has 3 aromatic rings. The molecule has 0 bridgehead atoms. The first-order valence-corrected chi connectivity index (χ1v) is 9.81. The Balaban J connectivity index is 1.43. The number of fused-ring (bicyclic) bond motifs is 1. The van der Waals surface area contributed by atoms with Crippen LogP contribution in [-0.4, -0.2) is 62.6 Å². The third-order valence-corrected chi connectivity index (χ3v) is 5.14. The van der Waals surface area contributed by atoms with Crippen LogP contribution in [0.1, 0.15) is 27.1 Å². The van der Waals surface area contributed by atoms with E-state index in [-0.39, 0.29) is 11.3 Å². The minimum Gasteiger partial charge on any atom is -0.345 e. The molecule has 10 nitrogen and oxygen atoms in total. The number of pyridine rings is 1. The summed E-state index contributed by atoms with van der Waals surface area (Å²) in [6.45, 7) is -1.46. The van der Waals surface area contributed by atoms with E-state index in [4.69, 9.17) is 5.26 Å². The average Bonchev–Trinajstić information content (AvgIpc) is 3.40. The molecule has 0 radical (unpaired) electrons. The highest BCUT2D eigenvalue weighted by Gasteiger charge is 2.47. The van der Waals surface area contributed by atoms with Crippen molar-refractivity contribution in [3.63, 3.8) is 0 Å². The molecule has 3 N–H and O–H groups in total. The quantitative estimate of drug-likeness (QED) is 0.536. The van der Waals surface area contributed by atoms with E-state index >= 15 is 0 Å². The lowest BCUT2D eigenvalue weighted by Crippen LogP contribution is -2.43. The number of halogens is 2. The summed E-state index contributed by atoms with van der Waals surface area (Å²) in [6.07, 6.45) is 3.36. The van der Waals surface area contributed by atoms with Crippen molar-refractivity contribution in [3.8, 4) is 6.07 Å². The van der Waals surface area contributed by atoms with Crippen LogP contribution < -0.4 is 10.6 Å². The number of aromatic nitrogens is 3. The highest BCUT2D eigenvalue weighted by molar-refractivity contribution is 6.10. The standard InChI is InChI=1S/C21H17F2N7O3/c22-21(23)6-13(7-24)30(10-21)18(31)9-26-20(33)14-3-4-25-8-17(14)29-19(32)12-1-2-15-16(5-12)28-11-27-15/h1-5,8,11,13H,6,9-10H2,(H,26,33)(H,27,28)(H,29,32)/t13-/m0/s1. The number of nitriles is 1. The molecule has 3 amide bonds. The Morgan fingerprint density at radius 2 is 2.09 bits per heavy atom. The van der Waals surface area contributed by atoms with Gasteiger partial charge in [0.25, 0.3) is 17.7 Å². The van der Waals surface area contributed by atoms with Crippen molar-refractivity contribution in [1.82, 2.24) is 25.2 Å². The smallest absolute Gasteiger partial charge is 0.268 e. The molecule has 1 aliphatic heterocycles. The Bertz CT molecular complexity index is 1280. The molecule has 1 saturated heterocycles. The molecule has 1 atom stereocenters. The van der Waals surface area contributed by atoms with E-state index in [2.05, 4.69) is 25.6 Å². The summed E-state index contributed by atoms with van der Waals surface area (Å²) < 4.78 is 27.1. The molecule has 4 rings (SSSR count). The van der Waals surface area contributed by atoms with Crippen molar-refractivity contribution >= 4 is 34.4 Å². The number of likely N-dealkylation sites (tertiary alicyclic amines) is 1. The first-order chi connectivity index (χ1) is 15.8. The fraction of sp³-hybridized carbons (Fsp3) is 0.238. The van der Waals surface area contributed by atoms with E-state index in [0.717, 1.165) is 10.4 Å². The van der Waals surface area contributed by atoms with E-state index in [1.54, 1.807) is 24.3 Å². The van der Waals surface area contributed by atoms with Crippen LogP contribution in [-0.2, 0) is 4.79 Å². The average molecular weight is 453 g/mol. The van der Waals surface area contributed by atoms with E-state index < -0.39 is 49.2 Å². The second kappa shape index (κ2) is 8.62. The number of amides is 3. The van der Waals surface area contributed by atoms with Gasteiger partial charge in [0.15, 0.2) is 0 Å². The third-order valence-electron chi connectivity index (χ3n) is 5.14. The Hall–Kier alpha value is -4.40. The van der Waals surface area contributed by atoms with E-state index in [9.17, 15) is 23.2 Å². The molecule has 0 unspecified atom stereocenters. The first kappa shape index (κ1) is 21.8. The second-order valence-electron chi connectivity index (χ2n) is 7.42. The largest absolute Gasteiger partial charge is 0.345 e. The van der Waals surface area contributed by atoms with Gasteiger partial charge in [0.1, 0.15) is 6.04 Å². The van der Waals surface area contributed by atoms with Crippen molar-refractivity contribution in [2.75, 3.05) is 18.4 Å². The van der Waals surface area contributed by atoms with Crippen LogP contribution in [0.3, 0.4) is 0 Å². The fourth-order valence-corrected chi connectivity index (χ4v) is 3.51. The van der Waals surface area contributed by atoms with Gasteiger partial charge in [0.2, 0.25) is 5.91 Å². The summed E-state index contributed by atoms with van der Waals surface area (Å²) in [7, 11) is 0. The Morgan fingerprint density at radius 1 is 1.27 bits per heavy atom. The van der Waals surface area contributed by atoms with Gasteiger partial charge in [-0.3, -0.25) is 19.4 Å². The highest BCUT2D eigenvalue weighted by Crippen LogP contribution is 2.31. The van der Waals surface area contributed by atoms with Gasteiger partial charge >= 0.3 is 0 Å². The molecule has 0 aliphatic carbocycles. The van der Waals surface area contributed by atoms with Crippen LogP contribution in [0.5, 0.6) is 0 Å². The van der Waals surface area contributed by atoms with Crippen molar-refractivity contribution in [1.29, 1.82) is 5.26 Å². The molecule has 33 heavy (non-hydrogen) atoms. The summed E-state index contributed by atoms with van der Waals surface area (Å²) in [5, 5.41) is 14.0. The minimum atomic E-state index is -3.15. The number of alkyl halides is 2. The van der Waals surface area contributed by atoms with Crippen molar-refractivity contribution < 1.29 is 23.2 Å². The Kier molecular flexibility index (Phi) is 5.70. The number of H-pyrrole nitrogens is 1. The van der Waals surface area contributed by atoms with Crippen LogP contribution in [0.15, 0.2) is 43.0 Å². The van der Waals surface area contributed by atoms with Crippen LogP contribution in [0, 0.1) is 11.3 Å². The topological polar surface area (TPSA) is 144 Å². The lowest BCUT2D eigenvalue weighted by atomic mass is 10.1. The van der Waals surface area contributed by atoms with E-state index in [1.165, 1.54) is 24.8 Å². The number of anilines is 1. The number of rotatable bonds is 5. The summed E-state index contributed by atoms with van der Waals surface area (Å²) >= 11 is 0. The number of carbonyl (C=O) groups excluding carboxylic acids is 3. The van der Waals surface area contributed by atoms with Crippen LogP contribution in [0.25, 0.3) is 11.0 Å². The Labute approximate surface area is 185 Å². The number of aromatic amines is 1. The van der Waals surface area contributed by atoms with E-state index in [1.807, 2.05) is 0 Å². The van der Waals surface area contributed by atoms with Gasteiger partial charge < -0.3 is 20.5 Å². The van der Waals surface area contributed by atoms with Gasteiger partial charge in [-0.05, 0) is 24.3 Å². The van der Waals surface area contributed by atoms with Gasteiger partial charge in [-0.2, -0.15) is 5.26 Å². The fourth-order valence-electron chi connectivity index (χ4n) is 3.51. The first-order valence-electron chi connectivity index (χ1n) is 9.81. The van der Waals surface area contributed by atoms with E-state index in [0.29, 0.717) is 11.1 Å². The van der Waals surface area contributed by atoms with Gasteiger partial charge in [-0.15, -0.1) is 0 Å². The zero-order valence-electron chi connectivity index (χ0n) is 17.0. The van der Waals surface area contributed by atoms with Gasteiger partial charge in [0, 0.05) is 18.2 Å². The molecule has 2 aromatic heterocycles. The molecule has 12 heteroatoms. The number of benzene rings is 1. The predicted octanol–water partition coefficient (Wildman–Crippen LogP) is 1.70. The van der Waals surface area contributed by atoms with Gasteiger partial charge in [-0.25, -0.2) is 13.8 Å². The molecule has 3 heterocycles. The lowest BCUT2D eigenvalue weighted by Gasteiger charge is -2.19. The molecule has 0 saturated carbocycles. The van der Waals surface area contributed by atoms with Crippen molar-refractivity contribution in [3.05, 3.63) is 54.1 Å². The van der Waals surface area contributed by atoms with Crippen molar-refractivity contribution in [2.45, 2.75) is 18.4 Å². The number of nitrogens with zero attached hydrogens (tertiary/aromatic N) is 4. The van der Waals surface area contributed by atoms with Crippen LogP contribution in [0.2, 0.25) is 0 Å². The monoisotopic (exact) mass is 453 g/mol. The second-order valence-corrected chi connectivity index (χ2v) is 7.42. The van der Waals surface area contributed by atoms with Crippen LogP contribution >= 0.6 is 0 Å². The van der Waals surface area contributed by atoms with Gasteiger partial charge in [0.05, 0.1) is 54.0 Å². The lowest BCUT2D eigenvalue weighted by molar-refractivity contribution is -0.131. The number of imidazole rings is 1. The molecular formula is C21H17F2N7O3. The molecule has 1 aliphatic rings.